The Kier molecular flexibility index (Phi) is 8.42. The molecular formula is C10H19N3O2S. The number of nitrogens with zero attached hydrogens (tertiary/aromatic N) is 1. The summed E-state index contributed by atoms with van der Waals surface area (Å²) in [5, 5.41) is 3.86. The summed E-state index contributed by atoms with van der Waals surface area (Å²) < 4.78 is 4.94. The van der Waals surface area contributed by atoms with Crippen molar-refractivity contribution in [1.82, 2.24) is 5.43 Å². The zero-order valence-corrected chi connectivity index (χ0v) is 10.5. The van der Waals surface area contributed by atoms with E-state index in [1.807, 2.05) is 0 Å². The fourth-order valence-electron chi connectivity index (χ4n) is 1.12. The van der Waals surface area contributed by atoms with Gasteiger partial charge in [0.25, 0.3) is 0 Å². The van der Waals surface area contributed by atoms with Crippen molar-refractivity contribution in [3.63, 3.8) is 0 Å². The molecule has 0 aliphatic heterocycles. The summed E-state index contributed by atoms with van der Waals surface area (Å²) in [6.45, 7) is 4.21. The van der Waals surface area contributed by atoms with E-state index < -0.39 is 0 Å². The number of thiocarbonyl (C=S) groups is 1. The molecule has 0 aromatic rings. The molecule has 0 heterocycles. The van der Waals surface area contributed by atoms with Crippen LogP contribution in [0, 0.1) is 5.92 Å². The molecule has 16 heavy (non-hydrogen) atoms. The lowest BCUT2D eigenvalue weighted by Gasteiger charge is -2.10. The predicted octanol–water partition coefficient (Wildman–Crippen LogP) is 1.17. The molecule has 0 unspecified atom stereocenters. The molecule has 5 nitrogen and oxygen atoms in total. The van der Waals surface area contributed by atoms with Crippen LogP contribution in [0.4, 0.5) is 0 Å². The van der Waals surface area contributed by atoms with Crippen molar-refractivity contribution in [2.24, 2.45) is 16.8 Å². The van der Waals surface area contributed by atoms with Gasteiger partial charge in [0.15, 0.2) is 5.11 Å². The van der Waals surface area contributed by atoms with Crippen LogP contribution in [0.3, 0.4) is 0 Å². The Morgan fingerprint density at radius 2 is 2.31 bits per heavy atom. The Morgan fingerprint density at radius 3 is 2.81 bits per heavy atom. The Hall–Kier alpha value is -1.17. The van der Waals surface area contributed by atoms with Gasteiger partial charge in [0.05, 0.1) is 12.5 Å². The maximum absolute atomic E-state index is 11.5. The predicted molar refractivity (Wildman–Crippen MR) is 68.1 cm³/mol. The lowest BCUT2D eigenvalue weighted by atomic mass is 10.0. The molecule has 0 saturated carbocycles. The molecular weight excluding hydrogens is 226 g/mol. The second-order valence-corrected chi connectivity index (χ2v) is 3.69. The molecule has 0 rings (SSSR count). The van der Waals surface area contributed by atoms with Crippen LogP contribution in [0.15, 0.2) is 5.10 Å². The number of hydrazone groups is 1. The Balaban J connectivity index is 4.23. The number of nitrogens with one attached hydrogen (secondary N) is 1. The van der Waals surface area contributed by atoms with E-state index in [0.717, 1.165) is 19.3 Å². The molecule has 3 N–H and O–H groups in total. The molecule has 0 spiro atoms. The van der Waals surface area contributed by atoms with Crippen LogP contribution in [-0.4, -0.2) is 23.9 Å². The van der Waals surface area contributed by atoms with Crippen molar-refractivity contribution in [2.75, 3.05) is 6.61 Å². The number of ether oxygens (including phenoxy) is 1. The molecule has 0 aliphatic rings. The van der Waals surface area contributed by atoms with Gasteiger partial charge in [-0.05, 0) is 25.6 Å². The van der Waals surface area contributed by atoms with E-state index in [9.17, 15) is 4.79 Å². The summed E-state index contributed by atoms with van der Waals surface area (Å²) in [5.74, 6) is -0.591. The second kappa shape index (κ2) is 9.08. The van der Waals surface area contributed by atoms with Crippen LogP contribution in [0.25, 0.3) is 0 Å². The third-order valence-corrected chi connectivity index (χ3v) is 1.98. The summed E-state index contributed by atoms with van der Waals surface area (Å²) in [6.07, 6.45) is 4.18. The summed E-state index contributed by atoms with van der Waals surface area (Å²) >= 11 is 4.59. The Labute approximate surface area is 101 Å². The lowest BCUT2D eigenvalue weighted by Crippen LogP contribution is -2.26. The minimum atomic E-state index is -0.332. The van der Waals surface area contributed by atoms with Crippen molar-refractivity contribution in [2.45, 2.75) is 33.1 Å². The highest BCUT2D eigenvalue weighted by Gasteiger charge is 2.16. The Bertz CT molecular complexity index is 256. The molecule has 6 heteroatoms. The number of esters is 1. The zero-order chi connectivity index (χ0) is 12.4. The van der Waals surface area contributed by atoms with Gasteiger partial charge in [-0.1, -0.05) is 19.8 Å². The molecule has 0 fully saturated rings. The van der Waals surface area contributed by atoms with Gasteiger partial charge in [-0.15, -0.1) is 0 Å². The number of unbranched alkanes of at least 4 members (excludes halogenated alkanes) is 1. The molecule has 0 amide bonds. The maximum Gasteiger partial charge on any atom is 0.314 e. The topological polar surface area (TPSA) is 76.7 Å². The number of carbonyl (C=O) groups is 1. The lowest BCUT2D eigenvalue weighted by molar-refractivity contribution is -0.145. The third kappa shape index (κ3) is 7.17. The average molecular weight is 245 g/mol. The first kappa shape index (κ1) is 14.8. The summed E-state index contributed by atoms with van der Waals surface area (Å²) in [6, 6.07) is 0. The highest BCUT2D eigenvalue weighted by Crippen LogP contribution is 2.08. The van der Waals surface area contributed by atoms with E-state index in [1.165, 1.54) is 6.21 Å². The molecule has 1 atom stereocenters. The number of carbonyl (C=O) groups excluding carboxylic acids is 1. The average Bonchev–Trinajstić information content (AvgIpc) is 2.22. The van der Waals surface area contributed by atoms with Crippen LogP contribution in [0.1, 0.15) is 33.1 Å². The second-order valence-electron chi connectivity index (χ2n) is 3.25. The molecule has 0 aromatic carbocycles. The standard InChI is InChI=1S/C10H19N3O2S/c1-3-5-6-8(9(14)15-4-2)7-12-13-10(11)16/h7-8H,3-6H2,1-2H3,(H3,11,13,16)/b12-7+/t8-/m1/s1. The summed E-state index contributed by atoms with van der Waals surface area (Å²) in [7, 11) is 0. The van der Waals surface area contributed by atoms with Gasteiger partial charge in [0.1, 0.15) is 0 Å². The van der Waals surface area contributed by atoms with Gasteiger partial charge in [-0.3, -0.25) is 10.2 Å². The molecule has 0 aromatic heterocycles. The Morgan fingerprint density at radius 1 is 1.62 bits per heavy atom. The van der Waals surface area contributed by atoms with Gasteiger partial charge in [0.2, 0.25) is 0 Å². The first-order valence-electron chi connectivity index (χ1n) is 5.37. The first-order chi connectivity index (χ1) is 7.61. The largest absolute Gasteiger partial charge is 0.465 e. The van der Waals surface area contributed by atoms with E-state index in [1.54, 1.807) is 6.92 Å². The monoisotopic (exact) mass is 245 g/mol. The van der Waals surface area contributed by atoms with Gasteiger partial charge < -0.3 is 10.5 Å². The van der Waals surface area contributed by atoms with Crippen molar-refractivity contribution < 1.29 is 9.53 Å². The minimum Gasteiger partial charge on any atom is -0.465 e. The van der Waals surface area contributed by atoms with Crippen LogP contribution < -0.4 is 11.2 Å². The molecule has 0 aliphatic carbocycles. The number of rotatable bonds is 7. The van der Waals surface area contributed by atoms with Gasteiger partial charge in [0, 0.05) is 6.21 Å². The van der Waals surface area contributed by atoms with Crippen molar-refractivity contribution in [3.8, 4) is 0 Å². The van der Waals surface area contributed by atoms with E-state index >= 15 is 0 Å². The van der Waals surface area contributed by atoms with Crippen LogP contribution >= 0.6 is 12.2 Å². The van der Waals surface area contributed by atoms with Gasteiger partial charge in [-0.25, -0.2) is 0 Å². The van der Waals surface area contributed by atoms with E-state index in [0.29, 0.717) is 6.61 Å². The van der Waals surface area contributed by atoms with Crippen molar-refractivity contribution in [3.05, 3.63) is 0 Å². The van der Waals surface area contributed by atoms with Crippen molar-refractivity contribution >= 4 is 29.5 Å². The number of hydrogen-bond donors (Lipinski definition) is 2. The number of nitrogens with two attached hydrogens (primary N) is 1. The van der Waals surface area contributed by atoms with Crippen LogP contribution in [-0.2, 0) is 9.53 Å². The smallest absolute Gasteiger partial charge is 0.314 e. The van der Waals surface area contributed by atoms with Crippen LogP contribution in [0.2, 0.25) is 0 Å². The van der Waals surface area contributed by atoms with E-state index in [2.05, 4.69) is 29.7 Å². The maximum atomic E-state index is 11.5. The zero-order valence-electron chi connectivity index (χ0n) is 9.73. The van der Waals surface area contributed by atoms with Crippen molar-refractivity contribution in [1.29, 1.82) is 0 Å². The highest BCUT2D eigenvalue weighted by molar-refractivity contribution is 7.80. The first-order valence-corrected chi connectivity index (χ1v) is 5.77. The third-order valence-electron chi connectivity index (χ3n) is 1.89. The normalized spacial score (nSPS) is 12.4. The summed E-state index contributed by atoms with van der Waals surface area (Å²) in [4.78, 5) is 11.5. The molecule has 0 bridgehead atoms. The minimum absolute atomic E-state index is 0.0781. The summed E-state index contributed by atoms with van der Waals surface area (Å²) in [5.41, 5.74) is 7.62. The van der Waals surface area contributed by atoms with Gasteiger partial charge >= 0.3 is 5.97 Å². The van der Waals surface area contributed by atoms with E-state index in [4.69, 9.17) is 10.5 Å². The molecule has 0 saturated heterocycles. The fraction of sp³-hybridized carbons (Fsp3) is 0.700. The molecule has 0 radical (unpaired) electrons. The van der Waals surface area contributed by atoms with Gasteiger partial charge in [-0.2, -0.15) is 5.10 Å². The number of hydrogen-bond acceptors (Lipinski definition) is 4. The van der Waals surface area contributed by atoms with E-state index in [-0.39, 0.29) is 17.0 Å². The SMILES string of the molecule is CCCC[C@H](/C=N/NC(N)=S)C(=O)OCC. The van der Waals surface area contributed by atoms with Crippen LogP contribution in [0.5, 0.6) is 0 Å². The molecule has 92 valence electrons. The quantitative estimate of drug-likeness (QED) is 0.305. The highest BCUT2D eigenvalue weighted by atomic mass is 32.1. The fourth-order valence-corrected chi connectivity index (χ4v) is 1.17.